The van der Waals surface area contributed by atoms with Crippen molar-refractivity contribution in [1.82, 2.24) is 10.6 Å². The quantitative estimate of drug-likeness (QED) is 0.512. The third-order valence-electron chi connectivity index (χ3n) is 2.53. The van der Waals surface area contributed by atoms with Crippen LogP contribution in [0.2, 0.25) is 0 Å². The molecular weight excluding hydrogens is 250 g/mol. The molecule has 0 aliphatic heterocycles. The van der Waals surface area contributed by atoms with Gasteiger partial charge < -0.3 is 21.5 Å². The summed E-state index contributed by atoms with van der Waals surface area (Å²) < 4.78 is 0. The summed E-state index contributed by atoms with van der Waals surface area (Å²) in [6.07, 6.45) is 1.37. The molecule has 0 rings (SSSR count). The van der Waals surface area contributed by atoms with E-state index in [0.717, 1.165) is 0 Å². The zero-order chi connectivity index (χ0) is 15.0. The van der Waals surface area contributed by atoms with Crippen molar-refractivity contribution < 1.29 is 19.5 Å². The molecule has 1 unspecified atom stereocenters. The third-order valence-corrected chi connectivity index (χ3v) is 2.53. The van der Waals surface area contributed by atoms with Crippen LogP contribution in [0.5, 0.6) is 0 Å². The number of carboxylic acids is 1. The first-order chi connectivity index (χ1) is 8.77. The number of carboxylic acid groups (broad SMARTS) is 1. The van der Waals surface area contributed by atoms with E-state index in [1.54, 1.807) is 0 Å². The molecule has 0 saturated heterocycles. The van der Waals surface area contributed by atoms with Gasteiger partial charge in [-0.25, -0.2) is 9.59 Å². The van der Waals surface area contributed by atoms with Crippen molar-refractivity contribution in [2.75, 3.05) is 0 Å². The predicted molar refractivity (Wildman–Crippen MR) is 70.4 cm³/mol. The van der Waals surface area contributed by atoms with Crippen molar-refractivity contribution in [3.8, 4) is 0 Å². The molecule has 0 spiro atoms. The van der Waals surface area contributed by atoms with Gasteiger partial charge in [0.05, 0.1) is 0 Å². The largest absolute Gasteiger partial charge is 0.480 e. The monoisotopic (exact) mass is 273 g/mol. The van der Waals surface area contributed by atoms with Crippen LogP contribution in [-0.2, 0) is 9.59 Å². The molecule has 0 fully saturated rings. The highest BCUT2D eigenvalue weighted by molar-refractivity contribution is 5.89. The Bertz CT molecular complexity index is 331. The maximum absolute atomic E-state index is 12.0. The maximum atomic E-state index is 12.0. The molecule has 0 aliphatic carbocycles. The van der Waals surface area contributed by atoms with E-state index in [2.05, 4.69) is 10.6 Å². The van der Waals surface area contributed by atoms with Crippen molar-refractivity contribution in [3.63, 3.8) is 0 Å². The Hall–Kier alpha value is -1.79. The Kier molecular flexibility index (Phi) is 7.55. The van der Waals surface area contributed by atoms with Gasteiger partial charge in [0.1, 0.15) is 12.1 Å². The zero-order valence-corrected chi connectivity index (χ0v) is 11.6. The van der Waals surface area contributed by atoms with Crippen LogP contribution in [0.4, 0.5) is 4.79 Å². The first-order valence-electron chi connectivity index (χ1n) is 6.37. The molecule has 0 aromatic carbocycles. The van der Waals surface area contributed by atoms with Gasteiger partial charge in [0.25, 0.3) is 0 Å². The summed E-state index contributed by atoms with van der Waals surface area (Å²) in [6, 6.07) is -2.55. The molecule has 0 bridgehead atoms. The van der Waals surface area contributed by atoms with Crippen LogP contribution < -0.4 is 16.4 Å². The summed E-state index contributed by atoms with van der Waals surface area (Å²) in [7, 11) is 0. The lowest BCUT2D eigenvalue weighted by Gasteiger charge is -2.21. The molecule has 7 nitrogen and oxygen atoms in total. The first kappa shape index (κ1) is 17.2. The first-order valence-corrected chi connectivity index (χ1v) is 6.37. The van der Waals surface area contributed by atoms with Crippen LogP contribution in [0.15, 0.2) is 0 Å². The van der Waals surface area contributed by atoms with Gasteiger partial charge in [-0.15, -0.1) is 0 Å². The number of aliphatic carboxylic acids is 1. The van der Waals surface area contributed by atoms with Gasteiger partial charge in [0.15, 0.2) is 0 Å². The Labute approximate surface area is 112 Å². The number of nitrogens with one attached hydrogen (secondary N) is 2. The fourth-order valence-electron chi connectivity index (χ4n) is 1.69. The molecule has 19 heavy (non-hydrogen) atoms. The number of carbonyl (C=O) groups excluding carboxylic acids is 2. The Balaban J connectivity index is 4.68. The summed E-state index contributed by atoms with van der Waals surface area (Å²) in [4.78, 5) is 33.8. The van der Waals surface area contributed by atoms with Crippen LogP contribution in [0.1, 0.15) is 40.0 Å². The molecule has 0 aliphatic rings. The SMILES string of the molecule is CCC[C@@H](NC(=O)C(CC(C)C)NC(N)=O)C(=O)O. The van der Waals surface area contributed by atoms with E-state index in [4.69, 9.17) is 10.8 Å². The fraction of sp³-hybridized carbons (Fsp3) is 0.750. The Morgan fingerprint density at radius 1 is 1.16 bits per heavy atom. The second kappa shape index (κ2) is 8.34. The van der Waals surface area contributed by atoms with Crippen LogP contribution in [0.3, 0.4) is 0 Å². The van der Waals surface area contributed by atoms with Crippen LogP contribution in [-0.4, -0.2) is 35.1 Å². The van der Waals surface area contributed by atoms with Crippen molar-refractivity contribution in [2.24, 2.45) is 11.7 Å². The van der Waals surface area contributed by atoms with Gasteiger partial charge in [-0.05, 0) is 18.8 Å². The highest BCUT2D eigenvalue weighted by Gasteiger charge is 2.26. The van der Waals surface area contributed by atoms with Gasteiger partial charge in [0.2, 0.25) is 5.91 Å². The molecule has 7 heteroatoms. The minimum Gasteiger partial charge on any atom is -0.480 e. The minimum absolute atomic E-state index is 0.164. The summed E-state index contributed by atoms with van der Waals surface area (Å²) in [5, 5.41) is 13.7. The number of urea groups is 1. The molecular formula is C12H23N3O4. The normalized spacial score (nSPS) is 13.7. The molecule has 0 heterocycles. The van der Waals surface area contributed by atoms with E-state index >= 15 is 0 Å². The van der Waals surface area contributed by atoms with Gasteiger partial charge >= 0.3 is 12.0 Å². The van der Waals surface area contributed by atoms with E-state index in [1.807, 2.05) is 20.8 Å². The Morgan fingerprint density at radius 2 is 1.74 bits per heavy atom. The zero-order valence-electron chi connectivity index (χ0n) is 11.6. The molecule has 5 N–H and O–H groups in total. The highest BCUT2D eigenvalue weighted by atomic mass is 16.4. The van der Waals surface area contributed by atoms with Gasteiger partial charge in [-0.1, -0.05) is 27.2 Å². The van der Waals surface area contributed by atoms with E-state index in [1.165, 1.54) is 0 Å². The Morgan fingerprint density at radius 3 is 2.11 bits per heavy atom. The average molecular weight is 273 g/mol. The summed E-state index contributed by atoms with van der Waals surface area (Å²) >= 11 is 0. The number of hydrogen-bond donors (Lipinski definition) is 4. The number of nitrogens with two attached hydrogens (primary N) is 1. The van der Waals surface area contributed by atoms with Crippen LogP contribution in [0.25, 0.3) is 0 Å². The van der Waals surface area contributed by atoms with Crippen LogP contribution >= 0.6 is 0 Å². The molecule has 3 amide bonds. The van der Waals surface area contributed by atoms with Gasteiger partial charge in [-0.2, -0.15) is 0 Å². The molecule has 0 aromatic heterocycles. The lowest BCUT2D eigenvalue weighted by molar-refractivity contribution is -0.142. The smallest absolute Gasteiger partial charge is 0.326 e. The molecule has 0 aromatic rings. The van der Waals surface area contributed by atoms with Crippen LogP contribution in [0, 0.1) is 5.92 Å². The topological polar surface area (TPSA) is 122 Å². The van der Waals surface area contributed by atoms with E-state index < -0.39 is 30.0 Å². The van der Waals surface area contributed by atoms with E-state index in [0.29, 0.717) is 19.3 Å². The summed E-state index contributed by atoms with van der Waals surface area (Å²) in [5.74, 6) is -1.44. The standard InChI is InChI=1S/C12H23N3O4/c1-4-5-8(11(17)18)14-10(16)9(6-7(2)3)15-12(13)19/h7-9H,4-6H2,1-3H3,(H,14,16)(H,17,18)(H3,13,15,19)/t8-,9?/m1/s1. The van der Waals surface area contributed by atoms with Crippen molar-refractivity contribution in [2.45, 2.75) is 52.1 Å². The second-order valence-corrected chi connectivity index (χ2v) is 4.88. The molecule has 0 saturated carbocycles. The third kappa shape index (κ3) is 7.28. The van der Waals surface area contributed by atoms with E-state index in [-0.39, 0.29) is 5.92 Å². The lowest BCUT2D eigenvalue weighted by Crippen LogP contribution is -2.53. The van der Waals surface area contributed by atoms with E-state index in [9.17, 15) is 14.4 Å². The van der Waals surface area contributed by atoms with Crippen molar-refractivity contribution in [1.29, 1.82) is 0 Å². The number of amides is 3. The number of hydrogen-bond acceptors (Lipinski definition) is 3. The predicted octanol–water partition coefficient (Wildman–Crippen LogP) is 0.439. The number of rotatable bonds is 8. The maximum Gasteiger partial charge on any atom is 0.326 e. The number of primary amides is 1. The fourth-order valence-corrected chi connectivity index (χ4v) is 1.69. The molecule has 0 radical (unpaired) electrons. The van der Waals surface area contributed by atoms with Crippen molar-refractivity contribution in [3.05, 3.63) is 0 Å². The highest BCUT2D eigenvalue weighted by Crippen LogP contribution is 2.06. The average Bonchev–Trinajstić information content (AvgIpc) is 2.25. The summed E-state index contributed by atoms with van der Waals surface area (Å²) in [5.41, 5.74) is 5.01. The lowest BCUT2D eigenvalue weighted by atomic mass is 10.0. The van der Waals surface area contributed by atoms with Crippen molar-refractivity contribution >= 4 is 17.9 Å². The van der Waals surface area contributed by atoms with Gasteiger partial charge in [0, 0.05) is 0 Å². The second-order valence-electron chi connectivity index (χ2n) is 4.88. The summed E-state index contributed by atoms with van der Waals surface area (Å²) in [6.45, 7) is 5.61. The number of carbonyl (C=O) groups is 3. The van der Waals surface area contributed by atoms with Gasteiger partial charge in [-0.3, -0.25) is 4.79 Å². The molecule has 2 atom stereocenters. The minimum atomic E-state index is -1.09. The molecule has 110 valence electrons.